The molecule has 0 unspecified atom stereocenters. The minimum atomic E-state index is -0.112. The van der Waals surface area contributed by atoms with Crippen molar-refractivity contribution in [3.8, 4) is 11.3 Å². The summed E-state index contributed by atoms with van der Waals surface area (Å²) < 4.78 is 0. The molecule has 0 fully saturated rings. The van der Waals surface area contributed by atoms with Crippen molar-refractivity contribution in [2.45, 2.75) is 0 Å². The van der Waals surface area contributed by atoms with Crippen LogP contribution in [0, 0.1) is 0 Å². The van der Waals surface area contributed by atoms with Crippen molar-refractivity contribution in [3.63, 3.8) is 0 Å². The second-order valence-corrected chi connectivity index (χ2v) is 5.54. The predicted molar refractivity (Wildman–Crippen MR) is 91.5 cm³/mol. The van der Waals surface area contributed by atoms with E-state index in [1.54, 1.807) is 23.5 Å². The molecule has 3 aromatic rings. The van der Waals surface area contributed by atoms with Gasteiger partial charge in [-0.05, 0) is 24.3 Å². The van der Waals surface area contributed by atoms with Crippen molar-refractivity contribution in [3.05, 3.63) is 65.5 Å². The summed E-state index contributed by atoms with van der Waals surface area (Å²) in [7, 11) is 1.85. The molecule has 4 nitrogen and oxygen atoms in total. The zero-order valence-corrected chi connectivity index (χ0v) is 12.9. The Morgan fingerprint density at radius 1 is 1.05 bits per heavy atom. The third kappa shape index (κ3) is 3.15. The Labute approximate surface area is 132 Å². The average Bonchev–Trinajstić information content (AvgIpc) is 3.05. The molecule has 0 saturated heterocycles. The molecule has 0 atom stereocenters. The molecule has 110 valence electrons. The number of hydrogen-bond acceptors (Lipinski definition) is 4. The zero-order chi connectivity index (χ0) is 15.4. The Morgan fingerprint density at radius 3 is 2.41 bits per heavy atom. The van der Waals surface area contributed by atoms with Gasteiger partial charge in [0.1, 0.15) is 0 Å². The summed E-state index contributed by atoms with van der Waals surface area (Å²) >= 11 is 1.56. The van der Waals surface area contributed by atoms with Gasteiger partial charge in [0, 0.05) is 29.2 Å². The Bertz CT molecular complexity index is 766. The molecule has 22 heavy (non-hydrogen) atoms. The van der Waals surface area contributed by atoms with Crippen molar-refractivity contribution in [1.29, 1.82) is 0 Å². The maximum atomic E-state index is 12.1. The van der Waals surface area contributed by atoms with Crippen molar-refractivity contribution < 1.29 is 4.79 Å². The number of anilines is 2. The summed E-state index contributed by atoms with van der Waals surface area (Å²) in [6, 6.07) is 16.8. The first-order valence-electron chi connectivity index (χ1n) is 6.86. The minimum Gasteiger partial charge on any atom is -0.365 e. The lowest BCUT2D eigenvalue weighted by molar-refractivity contribution is 0.102. The number of hydrogen-bond donors (Lipinski definition) is 2. The van der Waals surface area contributed by atoms with Crippen LogP contribution < -0.4 is 10.6 Å². The molecular weight excluding hydrogens is 294 g/mol. The number of aromatic nitrogens is 1. The maximum Gasteiger partial charge on any atom is 0.255 e. The van der Waals surface area contributed by atoms with Gasteiger partial charge in [-0.25, -0.2) is 4.98 Å². The number of nitrogens with zero attached hydrogens (tertiary/aromatic N) is 1. The van der Waals surface area contributed by atoms with E-state index < -0.39 is 0 Å². The van der Waals surface area contributed by atoms with Crippen LogP contribution in [0.1, 0.15) is 10.4 Å². The largest absolute Gasteiger partial charge is 0.365 e. The van der Waals surface area contributed by atoms with Gasteiger partial charge in [-0.2, -0.15) is 0 Å². The molecule has 0 spiro atoms. The van der Waals surface area contributed by atoms with Gasteiger partial charge in [0.2, 0.25) is 0 Å². The molecule has 0 saturated carbocycles. The Hall–Kier alpha value is -2.66. The Kier molecular flexibility index (Phi) is 4.16. The third-order valence-electron chi connectivity index (χ3n) is 3.19. The van der Waals surface area contributed by atoms with Crippen LogP contribution in [-0.2, 0) is 0 Å². The van der Waals surface area contributed by atoms with Gasteiger partial charge in [-0.1, -0.05) is 30.3 Å². The number of carbonyl (C=O) groups is 1. The molecule has 3 rings (SSSR count). The fourth-order valence-electron chi connectivity index (χ4n) is 2.04. The van der Waals surface area contributed by atoms with E-state index in [0.29, 0.717) is 5.56 Å². The van der Waals surface area contributed by atoms with Gasteiger partial charge >= 0.3 is 0 Å². The van der Waals surface area contributed by atoms with Crippen LogP contribution in [0.3, 0.4) is 0 Å². The van der Waals surface area contributed by atoms with Crippen LogP contribution in [0.5, 0.6) is 0 Å². The molecule has 0 aliphatic heterocycles. The highest BCUT2D eigenvalue weighted by Gasteiger charge is 2.06. The van der Waals surface area contributed by atoms with Crippen molar-refractivity contribution >= 4 is 28.1 Å². The average molecular weight is 309 g/mol. The number of rotatable bonds is 4. The van der Waals surface area contributed by atoms with E-state index in [4.69, 9.17) is 0 Å². The highest BCUT2D eigenvalue weighted by atomic mass is 32.1. The van der Waals surface area contributed by atoms with E-state index in [2.05, 4.69) is 15.6 Å². The quantitative estimate of drug-likeness (QED) is 0.762. The number of benzene rings is 2. The van der Waals surface area contributed by atoms with Gasteiger partial charge in [-0.3, -0.25) is 4.79 Å². The van der Waals surface area contributed by atoms with E-state index in [1.165, 1.54) is 0 Å². The third-order valence-corrected chi connectivity index (χ3v) is 4.05. The summed E-state index contributed by atoms with van der Waals surface area (Å²) in [5.74, 6) is -0.112. The number of thiazole rings is 1. The fraction of sp³-hybridized carbons (Fsp3) is 0.0588. The normalized spacial score (nSPS) is 10.2. The van der Waals surface area contributed by atoms with Crippen molar-refractivity contribution in [1.82, 2.24) is 4.98 Å². The zero-order valence-electron chi connectivity index (χ0n) is 12.0. The number of amides is 1. The summed E-state index contributed by atoms with van der Waals surface area (Å²) in [5, 5.41) is 8.80. The molecule has 0 radical (unpaired) electrons. The first-order chi connectivity index (χ1) is 10.8. The van der Waals surface area contributed by atoms with Crippen LogP contribution in [0.25, 0.3) is 11.3 Å². The van der Waals surface area contributed by atoms with E-state index in [0.717, 1.165) is 22.1 Å². The fourth-order valence-corrected chi connectivity index (χ4v) is 2.72. The van der Waals surface area contributed by atoms with Crippen LogP contribution in [0.4, 0.5) is 10.8 Å². The monoisotopic (exact) mass is 309 g/mol. The second kappa shape index (κ2) is 6.41. The minimum absolute atomic E-state index is 0.112. The first kappa shape index (κ1) is 14.3. The molecule has 1 amide bonds. The summed E-state index contributed by atoms with van der Waals surface area (Å²) in [4.78, 5) is 16.5. The lowest BCUT2D eigenvalue weighted by Gasteiger charge is -2.06. The summed E-state index contributed by atoms with van der Waals surface area (Å²) in [6.45, 7) is 0. The lowest BCUT2D eigenvalue weighted by atomic mass is 10.1. The van der Waals surface area contributed by atoms with Gasteiger partial charge in [0.25, 0.3) is 5.91 Å². The molecule has 2 N–H and O–H groups in total. The van der Waals surface area contributed by atoms with Crippen LogP contribution in [-0.4, -0.2) is 17.9 Å². The Balaban J connectivity index is 1.73. The molecule has 2 aromatic carbocycles. The standard InChI is InChI=1S/C17H15N3OS/c1-18-17-20-15(11-22-17)12-7-9-14(10-8-12)19-16(21)13-5-3-2-4-6-13/h2-11H,1H3,(H,18,20)(H,19,21). The second-order valence-electron chi connectivity index (χ2n) is 4.69. The van der Waals surface area contributed by atoms with E-state index in [9.17, 15) is 4.79 Å². The van der Waals surface area contributed by atoms with Crippen LogP contribution in [0.2, 0.25) is 0 Å². The summed E-state index contributed by atoms with van der Waals surface area (Å²) in [5.41, 5.74) is 3.36. The molecule has 1 aromatic heterocycles. The van der Waals surface area contributed by atoms with E-state index >= 15 is 0 Å². The van der Waals surface area contributed by atoms with Crippen molar-refractivity contribution in [2.24, 2.45) is 0 Å². The van der Waals surface area contributed by atoms with Crippen molar-refractivity contribution in [2.75, 3.05) is 17.7 Å². The first-order valence-corrected chi connectivity index (χ1v) is 7.74. The highest BCUT2D eigenvalue weighted by Crippen LogP contribution is 2.25. The van der Waals surface area contributed by atoms with Crippen LogP contribution >= 0.6 is 11.3 Å². The van der Waals surface area contributed by atoms with E-state index in [1.807, 2.05) is 54.9 Å². The molecule has 1 heterocycles. The van der Waals surface area contributed by atoms with Gasteiger partial charge in [0.05, 0.1) is 5.69 Å². The van der Waals surface area contributed by atoms with E-state index in [-0.39, 0.29) is 5.91 Å². The molecule has 5 heteroatoms. The topological polar surface area (TPSA) is 54.0 Å². The Morgan fingerprint density at radius 2 is 1.77 bits per heavy atom. The smallest absolute Gasteiger partial charge is 0.255 e. The van der Waals surface area contributed by atoms with Crippen LogP contribution in [0.15, 0.2) is 60.0 Å². The number of carbonyl (C=O) groups excluding carboxylic acids is 1. The molecule has 0 aliphatic carbocycles. The predicted octanol–water partition coefficient (Wildman–Crippen LogP) is 4.10. The molecule has 0 aliphatic rings. The maximum absolute atomic E-state index is 12.1. The van der Waals surface area contributed by atoms with Gasteiger partial charge < -0.3 is 10.6 Å². The SMILES string of the molecule is CNc1nc(-c2ccc(NC(=O)c3ccccc3)cc2)cs1. The summed E-state index contributed by atoms with van der Waals surface area (Å²) in [6.07, 6.45) is 0. The molecular formula is C17H15N3OS. The number of nitrogens with one attached hydrogen (secondary N) is 2. The van der Waals surface area contributed by atoms with Gasteiger partial charge in [-0.15, -0.1) is 11.3 Å². The van der Waals surface area contributed by atoms with Gasteiger partial charge in [0.15, 0.2) is 5.13 Å². The lowest BCUT2D eigenvalue weighted by Crippen LogP contribution is -2.11. The highest BCUT2D eigenvalue weighted by molar-refractivity contribution is 7.14. The molecule has 0 bridgehead atoms.